The minimum atomic E-state index is -3.17. The first-order valence-corrected chi connectivity index (χ1v) is 8.04. The van der Waals surface area contributed by atoms with Gasteiger partial charge in [0.25, 0.3) is 0 Å². The monoisotopic (exact) mass is 276 g/mol. The number of rotatable bonds is 4. The maximum absolute atomic E-state index is 12.3. The highest BCUT2D eigenvalue weighted by atomic mass is 31.2. The van der Waals surface area contributed by atoms with Crippen LogP contribution in [0.15, 0.2) is 48.5 Å². The third kappa shape index (κ3) is 4.15. The van der Waals surface area contributed by atoms with Crippen LogP contribution in [-0.2, 0) is 4.57 Å². The van der Waals surface area contributed by atoms with E-state index in [0.717, 1.165) is 11.1 Å². The van der Waals surface area contributed by atoms with Crippen molar-refractivity contribution >= 4 is 7.60 Å². The molecule has 0 atom stereocenters. The molecule has 2 rings (SSSR count). The van der Waals surface area contributed by atoms with Crippen LogP contribution in [0.3, 0.4) is 0 Å². The Bertz CT molecular complexity index is 536. The maximum Gasteiger partial charge on any atom is 0.427 e. The van der Waals surface area contributed by atoms with Gasteiger partial charge in [-0.15, -0.1) is 0 Å². The van der Waals surface area contributed by atoms with Gasteiger partial charge in [0.05, 0.1) is 6.66 Å². The van der Waals surface area contributed by atoms with Gasteiger partial charge in [-0.2, -0.15) is 0 Å². The first-order chi connectivity index (χ1) is 8.94. The predicted molar refractivity (Wildman–Crippen MR) is 77.1 cm³/mol. The van der Waals surface area contributed by atoms with Crippen LogP contribution in [0.4, 0.5) is 0 Å². The summed E-state index contributed by atoms with van der Waals surface area (Å²) in [4.78, 5) is 0. The second kappa shape index (κ2) is 5.50. The molecule has 0 spiro atoms. The Balaban J connectivity index is 2.08. The molecule has 0 aliphatic carbocycles. The second-order valence-electron chi connectivity index (χ2n) is 4.58. The highest BCUT2D eigenvalue weighted by Crippen LogP contribution is 2.44. The van der Waals surface area contributed by atoms with E-state index < -0.39 is 7.60 Å². The molecule has 100 valence electrons. The summed E-state index contributed by atoms with van der Waals surface area (Å²) in [5, 5.41) is 0. The quantitative estimate of drug-likeness (QED) is 0.766. The molecule has 0 saturated heterocycles. The van der Waals surface area contributed by atoms with E-state index >= 15 is 0 Å². The van der Waals surface area contributed by atoms with Gasteiger partial charge in [0.15, 0.2) is 0 Å². The zero-order chi connectivity index (χ0) is 13.9. The van der Waals surface area contributed by atoms with Crippen LogP contribution < -0.4 is 9.05 Å². The first-order valence-electron chi connectivity index (χ1n) is 6.05. The first kappa shape index (κ1) is 13.7. The van der Waals surface area contributed by atoms with E-state index in [1.807, 2.05) is 38.1 Å². The van der Waals surface area contributed by atoms with Gasteiger partial charge in [-0.1, -0.05) is 35.4 Å². The highest BCUT2D eigenvalue weighted by Gasteiger charge is 2.20. The van der Waals surface area contributed by atoms with E-state index in [0.29, 0.717) is 11.5 Å². The van der Waals surface area contributed by atoms with Gasteiger partial charge in [0.1, 0.15) is 11.5 Å². The third-order valence-corrected chi connectivity index (χ3v) is 3.67. The molecule has 0 fully saturated rings. The molecule has 0 aromatic heterocycles. The Hall–Kier alpha value is -1.73. The van der Waals surface area contributed by atoms with Crippen molar-refractivity contribution in [3.05, 3.63) is 59.7 Å². The summed E-state index contributed by atoms with van der Waals surface area (Å²) >= 11 is 0. The molecular formula is C15H17O3P. The van der Waals surface area contributed by atoms with Crippen LogP contribution in [0.2, 0.25) is 0 Å². The molecule has 3 nitrogen and oxygen atoms in total. The minimum Gasteiger partial charge on any atom is -0.416 e. The third-order valence-electron chi connectivity index (χ3n) is 2.58. The fraction of sp³-hybridized carbons (Fsp3) is 0.200. The average Bonchev–Trinajstić information content (AvgIpc) is 2.34. The maximum atomic E-state index is 12.3. The standard InChI is InChI=1S/C15H17O3P/c1-12-4-8-14(9-5-12)17-19(3,16)18-15-10-6-13(2)7-11-15/h4-11H,1-3H3. The largest absolute Gasteiger partial charge is 0.427 e. The smallest absolute Gasteiger partial charge is 0.416 e. The zero-order valence-corrected chi connectivity index (χ0v) is 12.2. The lowest BCUT2D eigenvalue weighted by molar-refractivity contribution is 0.393. The van der Waals surface area contributed by atoms with Crippen LogP contribution in [-0.4, -0.2) is 6.66 Å². The Kier molecular flexibility index (Phi) is 3.96. The van der Waals surface area contributed by atoms with Gasteiger partial charge in [-0.25, -0.2) is 4.57 Å². The second-order valence-corrected chi connectivity index (χ2v) is 6.49. The lowest BCUT2D eigenvalue weighted by Gasteiger charge is -2.16. The van der Waals surface area contributed by atoms with Crippen LogP contribution in [0.25, 0.3) is 0 Å². The molecule has 0 N–H and O–H groups in total. The molecule has 0 amide bonds. The van der Waals surface area contributed by atoms with Crippen molar-refractivity contribution in [1.29, 1.82) is 0 Å². The van der Waals surface area contributed by atoms with E-state index in [1.54, 1.807) is 24.3 Å². The molecule has 4 heteroatoms. The van der Waals surface area contributed by atoms with Crippen LogP contribution in [0, 0.1) is 13.8 Å². The normalized spacial score (nSPS) is 11.1. The Labute approximate surface area is 113 Å². The molecule has 19 heavy (non-hydrogen) atoms. The topological polar surface area (TPSA) is 35.5 Å². The van der Waals surface area contributed by atoms with Crippen LogP contribution in [0.5, 0.6) is 11.5 Å². The van der Waals surface area contributed by atoms with Gasteiger partial charge in [-0.3, -0.25) is 0 Å². The highest BCUT2D eigenvalue weighted by molar-refractivity contribution is 7.53. The fourth-order valence-corrected chi connectivity index (χ4v) is 2.65. The summed E-state index contributed by atoms with van der Waals surface area (Å²) in [7, 11) is -3.17. The van der Waals surface area contributed by atoms with Crippen molar-refractivity contribution in [2.75, 3.05) is 6.66 Å². The Morgan fingerprint density at radius 2 is 1.05 bits per heavy atom. The Morgan fingerprint density at radius 1 is 0.737 bits per heavy atom. The van der Waals surface area contributed by atoms with E-state index in [2.05, 4.69) is 0 Å². The van der Waals surface area contributed by atoms with Gasteiger partial charge in [0, 0.05) is 0 Å². The molecule has 2 aromatic rings. The number of benzene rings is 2. The molecule has 0 radical (unpaired) electrons. The van der Waals surface area contributed by atoms with Crippen molar-refractivity contribution < 1.29 is 13.6 Å². The van der Waals surface area contributed by atoms with Crippen molar-refractivity contribution in [2.24, 2.45) is 0 Å². The van der Waals surface area contributed by atoms with Gasteiger partial charge in [-0.05, 0) is 38.1 Å². The van der Waals surface area contributed by atoms with Crippen molar-refractivity contribution in [1.82, 2.24) is 0 Å². The molecule has 0 aliphatic rings. The van der Waals surface area contributed by atoms with Crippen molar-refractivity contribution in [2.45, 2.75) is 13.8 Å². The fourth-order valence-electron chi connectivity index (χ4n) is 1.60. The van der Waals surface area contributed by atoms with Crippen molar-refractivity contribution in [3.8, 4) is 11.5 Å². The summed E-state index contributed by atoms with van der Waals surface area (Å²) in [6.45, 7) is 5.43. The summed E-state index contributed by atoms with van der Waals surface area (Å²) < 4.78 is 23.1. The van der Waals surface area contributed by atoms with Gasteiger partial charge < -0.3 is 9.05 Å². The lowest BCUT2D eigenvalue weighted by Crippen LogP contribution is -1.99. The Morgan fingerprint density at radius 3 is 1.37 bits per heavy atom. The molecule has 2 aromatic carbocycles. The summed E-state index contributed by atoms with van der Waals surface area (Å²) in [5.41, 5.74) is 2.25. The van der Waals surface area contributed by atoms with E-state index in [4.69, 9.17) is 9.05 Å². The van der Waals surface area contributed by atoms with Gasteiger partial charge >= 0.3 is 7.60 Å². The number of aryl methyl sites for hydroxylation is 2. The van der Waals surface area contributed by atoms with Crippen LogP contribution >= 0.6 is 7.60 Å². The van der Waals surface area contributed by atoms with Crippen LogP contribution in [0.1, 0.15) is 11.1 Å². The lowest BCUT2D eigenvalue weighted by atomic mass is 10.2. The number of hydrogen-bond donors (Lipinski definition) is 0. The minimum absolute atomic E-state index is 0.545. The SMILES string of the molecule is Cc1ccc(OP(C)(=O)Oc2ccc(C)cc2)cc1. The average molecular weight is 276 g/mol. The summed E-state index contributed by atoms with van der Waals surface area (Å²) in [5.74, 6) is 1.09. The molecule has 0 heterocycles. The predicted octanol–water partition coefficient (Wildman–Crippen LogP) is 4.58. The van der Waals surface area contributed by atoms with E-state index in [9.17, 15) is 4.57 Å². The zero-order valence-electron chi connectivity index (χ0n) is 11.3. The van der Waals surface area contributed by atoms with E-state index in [1.165, 1.54) is 6.66 Å². The molecule has 0 saturated carbocycles. The molecule has 0 unspecified atom stereocenters. The molecule has 0 bridgehead atoms. The molecule has 0 aliphatic heterocycles. The van der Waals surface area contributed by atoms with E-state index in [-0.39, 0.29) is 0 Å². The van der Waals surface area contributed by atoms with Gasteiger partial charge in [0.2, 0.25) is 0 Å². The summed E-state index contributed by atoms with van der Waals surface area (Å²) in [6, 6.07) is 14.7. The summed E-state index contributed by atoms with van der Waals surface area (Å²) in [6.07, 6.45) is 0. The molecular weight excluding hydrogens is 259 g/mol. The van der Waals surface area contributed by atoms with Crippen molar-refractivity contribution in [3.63, 3.8) is 0 Å². The number of hydrogen-bond acceptors (Lipinski definition) is 3.